The molecule has 1 aliphatic heterocycles. The van der Waals surface area contributed by atoms with Crippen LogP contribution in [0, 0.1) is 0 Å². The van der Waals surface area contributed by atoms with Gasteiger partial charge in [0.05, 0.1) is 25.4 Å². The Kier molecular flexibility index (Phi) is 5.84. The molecular formula is C22H27N5O6S. The number of amides is 3. The number of hydrogen-bond acceptors (Lipinski definition) is 7. The summed E-state index contributed by atoms with van der Waals surface area (Å²) in [5.41, 5.74) is 5.46. The summed E-state index contributed by atoms with van der Waals surface area (Å²) in [7, 11) is -4.24. The van der Waals surface area contributed by atoms with Crippen molar-refractivity contribution in [1.82, 2.24) is 19.8 Å². The van der Waals surface area contributed by atoms with Crippen LogP contribution in [0.2, 0.25) is 0 Å². The molecule has 2 aromatic rings. The van der Waals surface area contributed by atoms with Gasteiger partial charge in [0.2, 0.25) is 5.88 Å². The molecule has 3 amide bonds. The average molecular weight is 490 g/mol. The molecule has 3 aliphatic rings. The molecule has 1 aromatic heterocycles. The zero-order chi connectivity index (χ0) is 23.9. The number of nitrogens with one attached hydrogen (secondary N) is 3. The smallest absolute Gasteiger partial charge is 0.407 e. The summed E-state index contributed by atoms with van der Waals surface area (Å²) in [5, 5.41) is 9.52. The van der Waals surface area contributed by atoms with Crippen molar-refractivity contribution in [2.75, 3.05) is 18.5 Å². The molecule has 1 aromatic carbocycles. The molecule has 2 aliphatic carbocycles. The number of anilines is 1. The third-order valence-electron chi connectivity index (χ3n) is 6.40. The van der Waals surface area contributed by atoms with Gasteiger partial charge in [0, 0.05) is 5.69 Å². The Morgan fingerprint density at radius 3 is 2.56 bits per heavy atom. The van der Waals surface area contributed by atoms with Gasteiger partial charge in [-0.15, -0.1) is 0 Å². The van der Waals surface area contributed by atoms with Crippen molar-refractivity contribution in [3.8, 4) is 5.88 Å². The number of rotatable bonds is 5. The van der Waals surface area contributed by atoms with Gasteiger partial charge < -0.3 is 20.1 Å². The summed E-state index contributed by atoms with van der Waals surface area (Å²) in [4.78, 5) is 24.2. The number of urea groups is 1. The van der Waals surface area contributed by atoms with E-state index in [1.165, 1.54) is 15.8 Å². The minimum atomic E-state index is -4.24. The van der Waals surface area contributed by atoms with E-state index >= 15 is 0 Å². The van der Waals surface area contributed by atoms with Gasteiger partial charge in [0.1, 0.15) is 6.61 Å². The first-order chi connectivity index (χ1) is 16.4. The van der Waals surface area contributed by atoms with Crippen LogP contribution in [0.5, 0.6) is 5.88 Å². The standard InChI is InChI=1S/C22H27N5O6S/c1-2-32-22(29)24-15-11-27-20(33-12-15)18(10-23-27)34(30,31)26-21(28)25-19-16-7-3-5-13(16)9-14-6-4-8-17(14)19/h9-10,15H,2-8,11-12H2,1H3,(H,24,29)(H2,25,26,28). The summed E-state index contributed by atoms with van der Waals surface area (Å²) < 4.78 is 39.8. The summed E-state index contributed by atoms with van der Waals surface area (Å²) in [6, 6.07) is 0.998. The summed E-state index contributed by atoms with van der Waals surface area (Å²) in [6.07, 6.45) is 6.30. The highest BCUT2D eigenvalue weighted by atomic mass is 32.2. The van der Waals surface area contributed by atoms with Crippen molar-refractivity contribution >= 4 is 27.8 Å². The molecule has 0 spiro atoms. The molecule has 0 fully saturated rings. The van der Waals surface area contributed by atoms with Crippen molar-refractivity contribution in [3.05, 3.63) is 34.5 Å². The predicted molar refractivity (Wildman–Crippen MR) is 121 cm³/mol. The van der Waals surface area contributed by atoms with Crippen molar-refractivity contribution in [2.24, 2.45) is 0 Å². The molecule has 34 heavy (non-hydrogen) atoms. The van der Waals surface area contributed by atoms with Crippen LogP contribution in [-0.2, 0) is 47.0 Å². The topological polar surface area (TPSA) is 141 Å². The maximum absolute atomic E-state index is 13.0. The van der Waals surface area contributed by atoms with Gasteiger partial charge >= 0.3 is 12.1 Å². The second-order valence-electron chi connectivity index (χ2n) is 8.66. The molecule has 0 radical (unpaired) electrons. The molecule has 5 rings (SSSR count). The largest absolute Gasteiger partial charge is 0.475 e. The molecule has 2 heterocycles. The average Bonchev–Trinajstić information content (AvgIpc) is 3.52. The zero-order valence-electron chi connectivity index (χ0n) is 18.8. The maximum atomic E-state index is 13.0. The molecule has 3 N–H and O–H groups in total. The number of hydrogen-bond donors (Lipinski definition) is 3. The number of fused-ring (bicyclic) bond motifs is 3. The Balaban J connectivity index is 1.30. The third kappa shape index (κ3) is 4.17. The van der Waals surface area contributed by atoms with Crippen LogP contribution in [0.1, 0.15) is 42.0 Å². The molecule has 182 valence electrons. The highest BCUT2D eigenvalue weighted by Crippen LogP contribution is 2.38. The fraction of sp³-hybridized carbons (Fsp3) is 0.500. The number of carbonyl (C=O) groups excluding carboxylic acids is 2. The van der Waals surface area contributed by atoms with E-state index in [2.05, 4.69) is 26.5 Å². The van der Waals surface area contributed by atoms with Crippen molar-refractivity contribution in [1.29, 1.82) is 0 Å². The second kappa shape index (κ2) is 8.82. The van der Waals surface area contributed by atoms with E-state index in [1.54, 1.807) is 6.92 Å². The number of benzene rings is 1. The van der Waals surface area contributed by atoms with Gasteiger partial charge in [-0.3, -0.25) is 0 Å². The lowest BCUT2D eigenvalue weighted by molar-refractivity contribution is 0.129. The van der Waals surface area contributed by atoms with E-state index in [9.17, 15) is 18.0 Å². The SMILES string of the molecule is CCOC(=O)NC1COc2c(S(=O)(=O)NC(=O)Nc3c4c(cc5c3CCC5)CCC4)cnn2C1. The van der Waals surface area contributed by atoms with Crippen molar-refractivity contribution < 1.29 is 27.5 Å². The molecule has 1 unspecified atom stereocenters. The first-order valence-electron chi connectivity index (χ1n) is 11.5. The Bertz CT molecular complexity index is 1220. The maximum Gasteiger partial charge on any atom is 0.407 e. The molecule has 11 nitrogen and oxygen atoms in total. The fourth-order valence-corrected chi connectivity index (χ4v) is 5.95. The number of aryl methyl sites for hydroxylation is 2. The summed E-state index contributed by atoms with van der Waals surface area (Å²) >= 11 is 0. The van der Waals surface area contributed by atoms with E-state index < -0.39 is 28.2 Å². The Labute approximate surface area is 197 Å². The highest BCUT2D eigenvalue weighted by molar-refractivity contribution is 7.90. The van der Waals surface area contributed by atoms with E-state index in [4.69, 9.17) is 9.47 Å². The molecule has 12 heteroatoms. The van der Waals surface area contributed by atoms with Crippen LogP contribution >= 0.6 is 0 Å². The van der Waals surface area contributed by atoms with Crippen molar-refractivity contribution in [3.63, 3.8) is 0 Å². The Morgan fingerprint density at radius 1 is 1.18 bits per heavy atom. The lowest BCUT2D eigenvalue weighted by atomic mass is 9.99. The van der Waals surface area contributed by atoms with Crippen LogP contribution < -0.4 is 20.1 Å². The summed E-state index contributed by atoms with van der Waals surface area (Å²) in [6.45, 7) is 2.18. The number of nitrogens with zero attached hydrogens (tertiary/aromatic N) is 2. The van der Waals surface area contributed by atoms with Gasteiger partial charge in [-0.05, 0) is 67.7 Å². The van der Waals surface area contributed by atoms with Gasteiger partial charge in [-0.1, -0.05) is 6.07 Å². The predicted octanol–water partition coefficient (Wildman–Crippen LogP) is 1.88. The molecule has 0 saturated heterocycles. The van der Waals surface area contributed by atoms with Gasteiger partial charge in [-0.2, -0.15) is 5.10 Å². The van der Waals surface area contributed by atoms with Gasteiger partial charge in [0.15, 0.2) is 4.90 Å². The normalized spacial score (nSPS) is 18.3. The van der Waals surface area contributed by atoms with Crippen LogP contribution in [0.25, 0.3) is 0 Å². The van der Waals surface area contributed by atoms with E-state index in [0.717, 1.165) is 61.5 Å². The number of aromatic nitrogens is 2. The highest BCUT2D eigenvalue weighted by Gasteiger charge is 2.32. The lowest BCUT2D eigenvalue weighted by Gasteiger charge is -2.25. The minimum absolute atomic E-state index is 0.0173. The number of ether oxygens (including phenoxy) is 2. The third-order valence-corrected chi connectivity index (χ3v) is 7.71. The van der Waals surface area contributed by atoms with Crippen LogP contribution in [0.3, 0.4) is 0 Å². The van der Waals surface area contributed by atoms with Gasteiger partial charge in [-0.25, -0.2) is 27.4 Å². The molecule has 1 atom stereocenters. The second-order valence-corrected chi connectivity index (χ2v) is 10.3. The van der Waals surface area contributed by atoms with E-state index in [1.807, 2.05) is 0 Å². The van der Waals surface area contributed by atoms with Crippen LogP contribution in [-0.4, -0.2) is 49.6 Å². The van der Waals surface area contributed by atoms with Crippen LogP contribution in [0.4, 0.5) is 15.3 Å². The van der Waals surface area contributed by atoms with E-state index in [-0.39, 0.29) is 30.5 Å². The number of sulfonamides is 1. The monoisotopic (exact) mass is 489 g/mol. The first-order valence-corrected chi connectivity index (χ1v) is 13.0. The van der Waals surface area contributed by atoms with Crippen molar-refractivity contribution in [2.45, 2.75) is 62.9 Å². The fourth-order valence-electron chi connectivity index (χ4n) is 4.97. The first kappa shape index (κ1) is 22.5. The number of carbonyl (C=O) groups is 2. The van der Waals surface area contributed by atoms with Gasteiger partial charge in [0.25, 0.3) is 10.0 Å². The molecular weight excluding hydrogens is 462 g/mol. The van der Waals surface area contributed by atoms with Crippen LogP contribution in [0.15, 0.2) is 17.2 Å². The minimum Gasteiger partial charge on any atom is -0.475 e. The summed E-state index contributed by atoms with van der Waals surface area (Å²) in [5.74, 6) is 0.0173. The Morgan fingerprint density at radius 2 is 1.88 bits per heavy atom. The Hall–Kier alpha value is -3.28. The molecule has 0 bridgehead atoms. The lowest BCUT2D eigenvalue weighted by Crippen LogP contribution is -2.45. The molecule has 0 saturated carbocycles. The quantitative estimate of drug-likeness (QED) is 0.582. The number of alkyl carbamates (subject to hydrolysis) is 1. The zero-order valence-corrected chi connectivity index (χ0v) is 19.7. The van der Waals surface area contributed by atoms with E-state index in [0.29, 0.717) is 0 Å².